The Morgan fingerprint density at radius 2 is 0.947 bits per heavy atom. The molecule has 38 heavy (non-hydrogen) atoms. The molecule has 0 bridgehead atoms. The molecule has 11 heteroatoms. The van der Waals surface area contributed by atoms with Crippen LogP contribution < -0.4 is 5.32 Å². The highest BCUT2D eigenvalue weighted by molar-refractivity contribution is 5.77. The first kappa shape index (κ1) is 33.6. The number of aliphatic hydroxyl groups is 2. The number of nitrogens with one attached hydrogen (secondary N) is 1. The molecule has 1 fully saturated rings. The second-order valence-electron chi connectivity index (χ2n) is 13.0. The third-order valence-electron chi connectivity index (χ3n) is 5.60. The van der Waals surface area contributed by atoms with Gasteiger partial charge in [-0.3, -0.25) is 14.4 Å². The average Bonchev–Trinajstić information content (AvgIpc) is 3.04. The van der Waals surface area contributed by atoms with Crippen molar-refractivity contribution in [3.8, 4) is 0 Å². The van der Waals surface area contributed by atoms with E-state index in [1.54, 1.807) is 62.3 Å². The maximum Gasteiger partial charge on any atom is 0.318 e. The van der Waals surface area contributed by atoms with Crippen molar-refractivity contribution in [1.82, 2.24) is 10.2 Å². The Kier molecular flexibility index (Phi) is 11.6. The number of hydrogen-bond donors (Lipinski definition) is 3. The molecule has 0 radical (unpaired) electrons. The van der Waals surface area contributed by atoms with Gasteiger partial charge < -0.3 is 34.6 Å². The van der Waals surface area contributed by atoms with Crippen molar-refractivity contribution in [2.45, 2.75) is 135 Å². The summed E-state index contributed by atoms with van der Waals surface area (Å²) in [6.45, 7) is 15.6. The standard InChI is InChI=1S/C27H48N2O9/c1-24(2,3)36-20(32)10-13-27(14-11-21(33)37-25(4,5)6,15-12-22(34)38-26(7,8)9)28-23(35)29-16-18(30)19(31)17-29/h18-19,30-31H,10-17H2,1-9H3,(H,28,35)/t18-,19-/m0/s1. The minimum Gasteiger partial charge on any atom is -0.460 e. The predicted molar refractivity (Wildman–Crippen MR) is 140 cm³/mol. The maximum absolute atomic E-state index is 13.2. The lowest BCUT2D eigenvalue weighted by atomic mass is 9.83. The van der Waals surface area contributed by atoms with E-state index in [9.17, 15) is 29.4 Å². The van der Waals surface area contributed by atoms with Gasteiger partial charge in [0.05, 0.1) is 25.3 Å². The molecule has 220 valence electrons. The summed E-state index contributed by atoms with van der Waals surface area (Å²) in [4.78, 5) is 52.2. The summed E-state index contributed by atoms with van der Waals surface area (Å²) in [6.07, 6.45) is -2.16. The van der Waals surface area contributed by atoms with Crippen LogP contribution in [0.4, 0.5) is 4.79 Å². The van der Waals surface area contributed by atoms with Crippen LogP contribution in [0.15, 0.2) is 0 Å². The van der Waals surface area contributed by atoms with Gasteiger partial charge in [-0.2, -0.15) is 0 Å². The van der Waals surface area contributed by atoms with Crippen molar-refractivity contribution in [3.63, 3.8) is 0 Å². The van der Waals surface area contributed by atoms with E-state index in [1.807, 2.05) is 0 Å². The van der Waals surface area contributed by atoms with E-state index in [2.05, 4.69) is 5.32 Å². The highest BCUT2D eigenvalue weighted by Gasteiger charge is 2.39. The van der Waals surface area contributed by atoms with Gasteiger partial charge in [-0.1, -0.05) is 0 Å². The summed E-state index contributed by atoms with van der Waals surface area (Å²) in [7, 11) is 0. The second kappa shape index (κ2) is 13.1. The van der Waals surface area contributed by atoms with Crippen LogP contribution in [0.1, 0.15) is 101 Å². The van der Waals surface area contributed by atoms with Crippen LogP contribution in [0.3, 0.4) is 0 Å². The number of hydrogen-bond acceptors (Lipinski definition) is 9. The van der Waals surface area contributed by atoms with Crippen molar-refractivity contribution >= 4 is 23.9 Å². The lowest BCUT2D eigenvalue weighted by Crippen LogP contribution is -2.54. The quantitative estimate of drug-likeness (QED) is 0.278. The van der Waals surface area contributed by atoms with Crippen LogP contribution in [0.2, 0.25) is 0 Å². The molecule has 0 unspecified atom stereocenters. The molecule has 0 aromatic carbocycles. The van der Waals surface area contributed by atoms with Gasteiger partial charge in [0.25, 0.3) is 0 Å². The number of rotatable bonds is 10. The van der Waals surface area contributed by atoms with Gasteiger partial charge in [0.1, 0.15) is 16.8 Å². The zero-order valence-corrected chi connectivity index (χ0v) is 24.5. The largest absolute Gasteiger partial charge is 0.460 e. The molecule has 11 nitrogen and oxygen atoms in total. The summed E-state index contributed by atoms with van der Waals surface area (Å²) >= 11 is 0. The summed E-state index contributed by atoms with van der Waals surface area (Å²) in [5.41, 5.74) is -3.31. The predicted octanol–water partition coefficient (Wildman–Crippen LogP) is 2.84. The minimum atomic E-state index is -1.18. The fourth-order valence-electron chi connectivity index (χ4n) is 4.01. The molecule has 1 aliphatic heterocycles. The Morgan fingerprint density at radius 1 is 0.658 bits per heavy atom. The molecule has 2 atom stereocenters. The number of aliphatic hydroxyl groups excluding tert-OH is 2. The number of urea groups is 1. The molecule has 0 spiro atoms. The molecule has 1 heterocycles. The van der Waals surface area contributed by atoms with Crippen LogP contribution in [0.5, 0.6) is 0 Å². The first-order valence-corrected chi connectivity index (χ1v) is 13.2. The average molecular weight is 545 g/mol. The van der Waals surface area contributed by atoms with Gasteiger partial charge in [-0.25, -0.2) is 4.79 Å². The van der Waals surface area contributed by atoms with E-state index in [0.29, 0.717) is 0 Å². The fraction of sp³-hybridized carbons (Fsp3) is 0.852. The smallest absolute Gasteiger partial charge is 0.318 e. The van der Waals surface area contributed by atoms with Crippen LogP contribution in [-0.2, 0) is 28.6 Å². The van der Waals surface area contributed by atoms with Crippen molar-refractivity contribution < 1.29 is 43.6 Å². The molecule has 1 saturated heterocycles. The first-order valence-electron chi connectivity index (χ1n) is 13.2. The molecule has 0 aromatic rings. The zero-order valence-electron chi connectivity index (χ0n) is 24.5. The Morgan fingerprint density at radius 3 is 1.21 bits per heavy atom. The highest BCUT2D eigenvalue weighted by Crippen LogP contribution is 2.29. The van der Waals surface area contributed by atoms with E-state index in [1.165, 1.54) is 4.90 Å². The molecular formula is C27H48N2O9. The molecule has 0 aliphatic carbocycles. The second-order valence-corrected chi connectivity index (χ2v) is 13.0. The number of carbonyl (C=O) groups excluding carboxylic acids is 4. The maximum atomic E-state index is 13.2. The van der Waals surface area contributed by atoms with Crippen LogP contribution >= 0.6 is 0 Å². The third kappa shape index (κ3) is 13.4. The van der Waals surface area contributed by atoms with Gasteiger partial charge >= 0.3 is 23.9 Å². The van der Waals surface area contributed by atoms with E-state index in [4.69, 9.17) is 14.2 Å². The topological polar surface area (TPSA) is 152 Å². The van der Waals surface area contributed by atoms with E-state index in [-0.39, 0.29) is 51.6 Å². The molecule has 2 amide bonds. The third-order valence-corrected chi connectivity index (χ3v) is 5.60. The van der Waals surface area contributed by atoms with Crippen LogP contribution in [-0.4, -0.2) is 86.7 Å². The Balaban J connectivity index is 3.23. The molecule has 0 saturated carbocycles. The fourth-order valence-corrected chi connectivity index (χ4v) is 4.01. The van der Waals surface area contributed by atoms with E-state index >= 15 is 0 Å². The van der Waals surface area contributed by atoms with Crippen molar-refractivity contribution in [2.75, 3.05) is 13.1 Å². The van der Waals surface area contributed by atoms with Gasteiger partial charge in [0.15, 0.2) is 0 Å². The summed E-state index contributed by atoms with van der Waals surface area (Å²) in [6, 6.07) is -0.585. The SMILES string of the molecule is CC(C)(C)OC(=O)CCC(CCC(=O)OC(C)(C)C)(CCC(=O)OC(C)(C)C)NC(=O)N1C[C@H](O)[C@@H](O)C1. The number of β-amino-alcohol motifs (C(OH)–C–C–N with tert-alkyl or cyclic N) is 2. The normalized spacial score (nSPS) is 18.7. The summed E-state index contributed by atoms with van der Waals surface area (Å²) < 4.78 is 16.3. The van der Waals surface area contributed by atoms with Gasteiger partial charge in [0.2, 0.25) is 0 Å². The van der Waals surface area contributed by atoms with E-state index < -0.39 is 58.5 Å². The number of carbonyl (C=O) groups is 4. The summed E-state index contributed by atoms with van der Waals surface area (Å²) in [5, 5.41) is 22.7. The zero-order chi connectivity index (χ0) is 29.5. The summed E-state index contributed by atoms with van der Waals surface area (Å²) in [5.74, 6) is -1.46. The lowest BCUT2D eigenvalue weighted by molar-refractivity contribution is -0.155. The molecule has 3 N–H and O–H groups in total. The Bertz CT molecular complexity index is 748. The molecule has 0 aromatic heterocycles. The number of nitrogens with zero attached hydrogens (tertiary/aromatic N) is 1. The molecular weight excluding hydrogens is 496 g/mol. The van der Waals surface area contributed by atoms with Crippen molar-refractivity contribution in [2.24, 2.45) is 0 Å². The minimum absolute atomic E-state index is 0.0761. The number of amides is 2. The van der Waals surface area contributed by atoms with Gasteiger partial charge in [-0.05, 0) is 81.6 Å². The Labute approximate surface area is 226 Å². The number of ether oxygens (including phenoxy) is 3. The van der Waals surface area contributed by atoms with Crippen LogP contribution in [0.25, 0.3) is 0 Å². The lowest BCUT2D eigenvalue weighted by Gasteiger charge is -2.37. The first-order chi connectivity index (χ1) is 17.1. The van der Waals surface area contributed by atoms with E-state index in [0.717, 1.165) is 0 Å². The van der Waals surface area contributed by atoms with Crippen molar-refractivity contribution in [3.05, 3.63) is 0 Å². The number of esters is 3. The molecule has 1 rings (SSSR count). The number of likely N-dealkylation sites (tertiary alicyclic amines) is 1. The monoisotopic (exact) mass is 544 g/mol. The van der Waals surface area contributed by atoms with Crippen molar-refractivity contribution in [1.29, 1.82) is 0 Å². The Hall–Kier alpha value is -2.40. The highest BCUT2D eigenvalue weighted by atomic mass is 16.6. The molecule has 1 aliphatic rings. The van der Waals surface area contributed by atoms with Crippen LogP contribution in [0, 0.1) is 0 Å². The van der Waals surface area contributed by atoms with Gasteiger partial charge in [0, 0.05) is 24.8 Å². The van der Waals surface area contributed by atoms with Gasteiger partial charge in [-0.15, -0.1) is 0 Å².